The maximum absolute atomic E-state index is 12.1. The monoisotopic (exact) mass is 265 g/mol. The van der Waals surface area contributed by atoms with E-state index in [0.29, 0.717) is 12.2 Å². The van der Waals surface area contributed by atoms with Gasteiger partial charge in [0, 0.05) is 12.6 Å². The molecule has 0 saturated carbocycles. The van der Waals surface area contributed by atoms with E-state index in [-0.39, 0.29) is 29.3 Å². The highest BCUT2D eigenvalue weighted by Gasteiger charge is 2.22. The summed E-state index contributed by atoms with van der Waals surface area (Å²) in [6.07, 6.45) is 1.67. The largest absolute Gasteiger partial charge is 0.442 e. The lowest BCUT2D eigenvalue weighted by molar-refractivity contribution is 0.0934. The van der Waals surface area contributed by atoms with Gasteiger partial charge in [-0.1, -0.05) is 0 Å². The number of amides is 1. The fraction of sp³-hybridized carbons (Fsp3) is 0.417. The van der Waals surface area contributed by atoms with Crippen molar-refractivity contribution in [1.82, 2.24) is 15.3 Å². The van der Waals surface area contributed by atoms with Gasteiger partial charge in [-0.3, -0.25) is 9.59 Å². The first-order valence-corrected chi connectivity index (χ1v) is 5.93. The Morgan fingerprint density at radius 3 is 3.05 bits per heavy atom. The summed E-state index contributed by atoms with van der Waals surface area (Å²) in [6.45, 7) is 3.36. The molecule has 19 heavy (non-hydrogen) atoms. The summed E-state index contributed by atoms with van der Waals surface area (Å²) >= 11 is 0. The van der Waals surface area contributed by atoms with Crippen molar-refractivity contribution in [2.75, 3.05) is 6.61 Å². The standard InChI is InChI=1S/C12H15N3O4/c1-6(3-4-16)15-11(18)8-7(2)19-12-9(8)10(17)13-5-14-12/h5-6,16H,3-4H2,1-2H3,(H,15,18)(H,13,14,17). The van der Waals surface area contributed by atoms with Crippen LogP contribution in [0.25, 0.3) is 11.1 Å². The van der Waals surface area contributed by atoms with Crippen molar-refractivity contribution in [3.05, 3.63) is 28.0 Å². The van der Waals surface area contributed by atoms with E-state index in [9.17, 15) is 9.59 Å². The second-order valence-electron chi connectivity index (χ2n) is 4.33. The van der Waals surface area contributed by atoms with Crippen molar-refractivity contribution in [3.8, 4) is 0 Å². The molecular weight excluding hydrogens is 250 g/mol. The summed E-state index contributed by atoms with van der Waals surface area (Å²) in [6, 6.07) is -0.197. The molecule has 102 valence electrons. The quantitative estimate of drug-likeness (QED) is 0.738. The number of nitrogens with one attached hydrogen (secondary N) is 2. The Morgan fingerprint density at radius 1 is 1.63 bits per heavy atom. The third-order valence-corrected chi connectivity index (χ3v) is 2.84. The van der Waals surface area contributed by atoms with Gasteiger partial charge in [-0.05, 0) is 20.3 Å². The van der Waals surface area contributed by atoms with Crippen molar-refractivity contribution in [2.24, 2.45) is 0 Å². The van der Waals surface area contributed by atoms with E-state index in [1.807, 2.05) is 0 Å². The van der Waals surface area contributed by atoms with E-state index in [1.54, 1.807) is 13.8 Å². The molecule has 1 unspecified atom stereocenters. The smallest absolute Gasteiger partial charge is 0.262 e. The molecule has 3 N–H and O–H groups in total. The molecular formula is C12H15N3O4. The molecule has 2 heterocycles. The zero-order valence-electron chi connectivity index (χ0n) is 10.7. The van der Waals surface area contributed by atoms with Crippen molar-refractivity contribution < 1.29 is 14.3 Å². The molecule has 1 amide bonds. The number of aryl methyl sites for hydroxylation is 1. The molecule has 0 radical (unpaired) electrons. The molecule has 0 aliphatic carbocycles. The highest BCUT2D eigenvalue weighted by Crippen LogP contribution is 2.20. The summed E-state index contributed by atoms with van der Waals surface area (Å²) < 4.78 is 5.30. The Morgan fingerprint density at radius 2 is 2.37 bits per heavy atom. The maximum Gasteiger partial charge on any atom is 0.262 e. The number of carbonyl (C=O) groups is 1. The molecule has 0 bridgehead atoms. The number of hydrogen-bond donors (Lipinski definition) is 3. The van der Waals surface area contributed by atoms with Crippen LogP contribution in [0.1, 0.15) is 29.5 Å². The molecule has 1 atom stereocenters. The molecule has 0 saturated heterocycles. The van der Waals surface area contributed by atoms with Crippen LogP contribution < -0.4 is 10.9 Å². The molecule has 7 heteroatoms. The number of fused-ring (bicyclic) bond motifs is 1. The van der Waals surface area contributed by atoms with Gasteiger partial charge >= 0.3 is 0 Å². The van der Waals surface area contributed by atoms with E-state index < -0.39 is 11.5 Å². The average molecular weight is 265 g/mol. The average Bonchev–Trinajstić information content (AvgIpc) is 2.67. The van der Waals surface area contributed by atoms with Crippen molar-refractivity contribution >= 4 is 17.0 Å². The predicted octanol–water partition coefficient (Wildman–Crippen LogP) is 0.325. The summed E-state index contributed by atoms with van der Waals surface area (Å²) in [5.41, 5.74) is -0.0860. The van der Waals surface area contributed by atoms with Crippen LogP contribution in [0.15, 0.2) is 15.5 Å². The summed E-state index contributed by atoms with van der Waals surface area (Å²) in [4.78, 5) is 30.2. The van der Waals surface area contributed by atoms with E-state index >= 15 is 0 Å². The molecule has 0 aliphatic rings. The minimum Gasteiger partial charge on any atom is -0.442 e. The van der Waals surface area contributed by atoms with Crippen LogP contribution in [0.4, 0.5) is 0 Å². The van der Waals surface area contributed by atoms with Crippen LogP contribution in [-0.2, 0) is 0 Å². The van der Waals surface area contributed by atoms with Gasteiger partial charge in [0.05, 0.1) is 11.9 Å². The van der Waals surface area contributed by atoms with E-state index in [0.717, 1.165) is 0 Å². The number of hydrogen-bond acceptors (Lipinski definition) is 5. The molecule has 7 nitrogen and oxygen atoms in total. The molecule has 2 aromatic heterocycles. The molecule has 0 fully saturated rings. The first kappa shape index (κ1) is 13.3. The predicted molar refractivity (Wildman–Crippen MR) is 68.0 cm³/mol. The normalized spacial score (nSPS) is 12.6. The lowest BCUT2D eigenvalue weighted by Crippen LogP contribution is -2.33. The van der Waals surface area contributed by atoms with Crippen LogP contribution in [0.3, 0.4) is 0 Å². The van der Waals surface area contributed by atoms with Crippen molar-refractivity contribution in [1.29, 1.82) is 0 Å². The van der Waals surface area contributed by atoms with Gasteiger partial charge in [-0.15, -0.1) is 0 Å². The SMILES string of the molecule is Cc1oc2nc[nH]c(=O)c2c1C(=O)NC(C)CCO. The van der Waals surface area contributed by atoms with E-state index in [4.69, 9.17) is 9.52 Å². The second kappa shape index (κ2) is 5.23. The topological polar surface area (TPSA) is 108 Å². The van der Waals surface area contributed by atoms with Gasteiger partial charge in [0.25, 0.3) is 11.5 Å². The number of rotatable bonds is 4. The highest BCUT2D eigenvalue weighted by molar-refractivity contribution is 6.06. The molecule has 0 aliphatic heterocycles. The second-order valence-corrected chi connectivity index (χ2v) is 4.33. The van der Waals surface area contributed by atoms with Crippen LogP contribution >= 0.6 is 0 Å². The Bertz CT molecular complexity index is 659. The summed E-state index contributed by atoms with van der Waals surface area (Å²) in [5, 5.41) is 11.7. The Hall–Kier alpha value is -2.15. The number of nitrogens with zero attached hydrogens (tertiary/aromatic N) is 1. The first-order chi connectivity index (χ1) is 9.04. The van der Waals surface area contributed by atoms with Crippen LogP contribution in [-0.4, -0.2) is 33.6 Å². The van der Waals surface area contributed by atoms with Crippen LogP contribution in [0, 0.1) is 6.92 Å². The molecule has 0 aromatic carbocycles. The third-order valence-electron chi connectivity index (χ3n) is 2.84. The summed E-state index contributed by atoms with van der Waals surface area (Å²) in [7, 11) is 0. The van der Waals surface area contributed by atoms with E-state index in [2.05, 4.69) is 15.3 Å². The maximum atomic E-state index is 12.1. The number of furan rings is 1. The van der Waals surface area contributed by atoms with Gasteiger partial charge in [0.1, 0.15) is 11.1 Å². The van der Waals surface area contributed by atoms with Crippen LogP contribution in [0.2, 0.25) is 0 Å². The van der Waals surface area contributed by atoms with Gasteiger partial charge in [-0.25, -0.2) is 4.98 Å². The minimum absolute atomic E-state index is 0.0191. The van der Waals surface area contributed by atoms with Crippen molar-refractivity contribution in [2.45, 2.75) is 26.3 Å². The number of aromatic amines is 1. The lowest BCUT2D eigenvalue weighted by atomic mass is 10.1. The molecule has 2 aromatic rings. The first-order valence-electron chi connectivity index (χ1n) is 5.93. The summed E-state index contributed by atoms with van der Waals surface area (Å²) in [5.74, 6) is -0.0661. The van der Waals surface area contributed by atoms with Gasteiger partial charge in [0.2, 0.25) is 5.71 Å². The number of aliphatic hydroxyl groups is 1. The third kappa shape index (κ3) is 2.50. The highest BCUT2D eigenvalue weighted by atomic mass is 16.3. The zero-order valence-corrected chi connectivity index (χ0v) is 10.7. The van der Waals surface area contributed by atoms with Crippen LogP contribution in [0.5, 0.6) is 0 Å². The number of carbonyl (C=O) groups excluding carboxylic acids is 1. The minimum atomic E-state index is -0.415. The Kier molecular flexibility index (Phi) is 3.66. The van der Waals surface area contributed by atoms with Gasteiger partial charge in [0.15, 0.2) is 0 Å². The zero-order chi connectivity index (χ0) is 14.0. The number of aliphatic hydroxyl groups excluding tert-OH is 1. The fourth-order valence-electron chi connectivity index (χ4n) is 1.89. The van der Waals surface area contributed by atoms with E-state index in [1.165, 1.54) is 6.33 Å². The molecule has 0 spiro atoms. The lowest BCUT2D eigenvalue weighted by Gasteiger charge is -2.11. The van der Waals surface area contributed by atoms with Gasteiger partial charge in [-0.2, -0.15) is 0 Å². The fourth-order valence-corrected chi connectivity index (χ4v) is 1.89. The Labute approximate surface area is 108 Å². The van der Waals surface area contributed by atoms with Crippen molar-refractivity contribution in [3.63, 3.8) is 0 Å². The number of H-pyrrole nitrogens is 1. The Balaban J connectivity index is 2.42. The van der Waals surface area contributed by atoms with Gasteiger partial charge < -0.3 is 19.8 Å². The number of aromatic nitrogens is 2. The molecule has 2 rings (SSSR count).